The van der Waals surface area contributed by atoms with Crippen LogP contribution in [0.5, 0.6) is 0 Å². The molecule has 130 valence electrons. The molecular formula is C15H27N5O3. The molecule has 3 heterocycles. The maximum atomic E-state index is 11.6. The molecule has 0 bridgehead atoms. The van der Waals surface area contributed by atoms with Crippen LogP contribution in [0.15, 0.2) is 11.1 Å². The molecule has 8 heteroatoms. The summed E-state index contributed by atoms with van der Waals surface area (Å²) in [5.41, 5.74) is 5.79. The Balaban J connectivity index is 0.000000477. The number of nitrogens with zero attached hydrogens (tertiary/aromatic N) is 3. The molecule has 1 aliphatic heterocycles. The Labute approximate surface area is 135 Å². The fraction of sp³-hybridized carbons (Fsp3) is 0.667. The lowest BCUT2D eigenvalue weighted by Gasteiger charge is -2.13. The van der Waals surface area contributed by atoms with Crippen LogP contribution in [0.2, 0.25) is 0 Å². The van der Waals surface area contributed by atoms with Gasteiger partial charge in [0.1, 0.15) is 6.23 Å². The van der Waals surface area contributed by atoms with Gasteiger partial charge in [0.05, 0.1) is 19.0 Å². The smallest absolute Gasteiger partial charge is 0.280 e. The summed E-state index contributed by atoms with van der Waals surface area (Å²) in [6.45, 7) is 8.24. The molecule has 1 fully saturated rings. The van der Waals surface area contributed by atoms with Gasteiger partial charge in [-0.25, -0.2) is 4.98 Å². The second kappa shape index (κ2) is 9.26. The van der Waals surface area contributed by atoms with E-state index in [0.717, 1.165) is 12.8 Å². The van der Waals surface area contributed by atoms with Crippen LogP contribution in [-0.2, 0) is 4.74 Å². The third-order valence-corrected chi connectivity index (χ3v) is 3.05. The zero-order chi connectivity index (χ0) is 17.4. The highest BCUT2D eigenvalue weighted by Crippen LogP contribution is 2.29. The first-order valence-electron chi connectivity index (χ1n) is 8.09. The number of nitrogen functional groups attached to an aromatic ring is 1. The molecule has 1 saturated heterocycles. The number of fused-ring (bicyclic) bond motifs is 1. The van der Waals surface area contributed by atoms with Gasteiger partial charge in [-0.1, -0.05) is 34.1 Å². The van der Waals surface area contributed by atoms with Crippen LogP contribution < -0.4 is 11.3 Å². The van der Waals surface area contributed by atoms with E-state index in [4.69, 9.17) is 15.6 Å². The average Bonchev–Trinajstić information content (AvgIpc) is 3.16. The maximum absolute atomic E-state index is 11.6. The van der Waals surface area contributed by atoms with Crippen molar-refractivity contribution >= 4 is 17.1 Å². The highest BCUT2D eigenvalue weighted by Gasteiger charge is 2.27. The topological polar surface area (TPSA) is 119 Å². The number of nitrogens with two attached hydrogens (primary N) is 1. The number of anilines is 1. The van der Waals surface area contributed by atoms with Crippen LogP contribution in [0.3, 0.4) is 0 Å². The number of imidazole rings is 1. The number of hydrogen-bond acceptors (Lipinski definition) is 6. The van der Waals surface area contributed by atoms with Crippen LogP contribution in [0, 0.1) is 0 Å². The molecule has 4 N–H and O–H groups in total. The lowest BCUT2D eigenvalue weighted by molar-refractivity contribution is -0.0207. The van der Waals surface area contributed by atoms with E-state index in [1.54, 1.807) is 4.57 Å². The fourth-order valence-electron chi connectivity index (χ4n) is 2.18. The fourth-order valence-corrected chi connectivity index (χ4v) is 2.18. The van der Waals surface area contributed by atoms with Crippen LogP contribution in [0.4, 0.5) is 5.95 Å². The van der Waals surface area contributed by atoms with Gasteiger partial charge in [0.2, 0.25) is 5.95 Å². The summed E-state index contributed by atoms with van der Waals surface area (Å²) in [4.78, 5) is 22.1. The lowest BCUT2D eigenvalue weighted by atomic mass is 10.2. The Morgan fingerprint density at radius 2 is 2.09 bits per heavy atom. The van der Waals surface area contributed by atoms with E-state index in [1.807, 2.05) is 13.8 Å². The molecule has 2 aromatic rings. The van der Waals surface area contributed by atoms with E-state index in [2.05, 4.69) is 28.8 Å². The zero-order valence-electron chi connectivity index (χ0n) is 14.2. The van der Waals surface area contributed by atoms with Crippen molar-refractivity contribution in [2.45, 2.75) is 59.3 Å². The second-order valence-corrected chi connectivity index (χ2v) is 4.95. The van der Waals surface area contributed by atoms with Gasteiger partial charge < -0.3 is 15.6 Å². The van der Waals surface area contributed by atoms with Gasteiger partial charge in [0, 0.05) is 0 Å². The summed E-state index contributed by atoms with van der Waals surface area (Å²) in [7, 11) is 0. The third kappa shape index (κ3) is 4.52. The van der Waals surface area contributed by atoms with Gasteiger partial charge in [-0.15, -0.1) is 0 Å². The minimum absolute atomic E-state index is 0.0146. The van der Waals surface area contributed by atoms with Crippen LogP contribution in [0.25, 0.3) is 11.2 Å². The number of aromatic amines is 1. The normalized spacial score (nSPS) is 19.7. The number of nitrogens with one attached hydrogen (secondary N) is 1. The number of aliphatic hydroxyl groups is 1. The first-order valence-corrected chi connectivity index (χ1v) is 8.09. The monoisotopic (exact) mass is 325 g/mol. The summed E-state index contributed by atoms with van der Waals surface area (Å²) >= 11 is 0. The highest BCUT2D eigenvalue weighted by molar-refractivity contribution is 5.70. The number of H-pyrrole nitrogens is 1. The van der Waals surface area contributed by atoms with Gasteiger partial charge in [-0.3, -0.25) is 14.3 Å². The van der Waals surface area contributed by atoms with Gasteiger partial charge in [0.15, 0.2) is 11.2 Å². The number of aromatic nitrogens is 4. The van der Waals surface area contributed by atoms with Crippen molar-refractivity contribution < 1.29 is 9.84 Å². The molecule has 0 amide bonds. The number of ether oxygens (including phenoxy) is 1. The van der Waals surface area contributed by atoms with E-state index in [1.165, 1.54) is 12.7 Å². The molecule has 2 unspecified atom stereocenters. The molecule has 8 nitrogen and oxygen atoms in total. The summed E-state index contributed by atoms with van der Waals surface area (Å²) in [5, 5.41) is 9.04. The minimum atomic E-state index is -0.368. The quantitative estimate of drug-likeness (QED) is 0.775. The molecule has 0 spiro atoms. The SMILES string of the molecule is CC.CCC.Nc1nc2c(ncn2C2CCC(CO)O2)c(=O)[nH]1. The predicted molar refractivity (Wildman–Crippen MR) is 90.1 cm³/mol. The minimum Gasteiger partial charge on any atom is -0.394 e. The maximum Gasteiger partial charge on any atom is 0.280 e. The molecular weight excluding hydrogens is 298 g/mol. The zero-order valence-corrected chi connectivity index (χ0v) is 14.2. The Morgan fingerprint density at radius 1 is 1.43 bits per heavy atom. The highest BCUT2D eigenvalue weighted by atomic mass is 16.5. The van der Waals surface area contributed by atoms with Gasteiger partial charge >= 0.3 is 0 Å². The number of hydrogen-bond donors (Lipinski definition) is 3. The van der Waals surface area contributed by atoms with Crippen molar-refractivity contribution in [1.82, 2.24) is 19.5 Å². The number of rotatable bonds is 2. The average molecular weight is 325 g/mol. The Hall–Kier alpha value is -1.93. The Bertz CT molecular complexity index is 652. The van der Waals surface area contributed by atoms with Crippen molar-refractivity contribution in [2.24, 2.45) is 0 Å². The Kier molecular flexibility index (Phi) is 7.70. The van der Waals surface area contributed by atoms with Crippen molar-refractivity contribution in [3.63, 3.8) is 0 Å². The number of aliphatic hydroxyl groups excluding tert-OH is 1. The molecule has 2 atom stereocenters. The van der Waals surface area contributed by atoms with Crippen LogP contribution in [0.1, 0.15) is 53.2 Å². The van der Waals surface area contributed by atoms with E-state index < -0.39 is 0 Å². The first-order chi connectivity index (χ1) is 11.1. The van der Waals surface area contributed by atoms with Gasteiger partial charge in [-0.2, -0.15) is 4.98 Å². The lowest BCUT2D eigenvalue weighted by Crippen LogP contribution is -2.16. The van der Waals surface area contributed by atoms with Crippen LogP contribution >= 0.6 is 0 Å². The first kappa shape index (κ1) is 19.1. The van der Waals surface area contributed by atoms with Crippen molar-refractivity contribution in [1.29, 1.82) is 0 Å². The van der Waals surface area contributed by atoms with Crippen molar-refractivity contribution in [3.8, 4) is 0 Å². The molecule has 23 heavy (non-hydrogen) atoms. The molecule has 1 aliphatic rings. The van der Waals surface area contributed by atoms with E-state index >= 15 is 0 Å². The second-order valence-electron chi connectivity index (χ2n) is 4.95. The summed E-state index contributed by atoms with van der Waals surface area (Å²) in [6.07, 6.45) is 3.83. The molecule has 0 aromatic carbocycles. The van der Waals surface area contributed by atoms with E-state index in [-0.39, 0.29) is 36.0 Å². The summed E-state index contributed by atoms with van der Waals surface area (Å²) < 4.78 is 7.30. The van der Waals surface area contributed by atoms with Gasteiger partial charge in [0.25, 0.3) is 5.56 Å². The third-order valence-electron chi connectivity index (χ3n) is 3.05. The van der Waals surface area contributed by atoms with Gasteiger partial charge in [-0.05, 0) is 12.8 Å². The molecule has 3 rings (SSSR count). The molecule has 2 aromatic heterocycles. The van der Waals surface area contributed by atoms with E-state index in [0.29, 0.717) is 5.65 Å². The Morgan fingerprint density at radius 3 is 2.65 bits per heavy atom. The van der Waals surface area contributed by atoms with Crippen molar-refractivity contribution in [3.05, 3.63) is 16.7 Å². The molecule has 0 radical (unpaired) electrons. The largest absolute Gasteiger partial charge is 0.394 e. The predicted octanol–water partition coefficient (Wildman–Crippen LogP) is 1.81. The standard InChI is InChI=1S/C10H13N5O3.C3H8.C2H6/c11-10-13-8-7(9(17)14-10)12-4-15(8)6-2-1-5(3-16)18-6;1-3-2;1-2/h4-6,16H,1-3H2,(H3,11,13,14,17);3H2,1-2H3;1-2H3. The molecule has 0 saturated carbocycles. The van der Waals surface area contributed by atoms with Crippen LogP contribution in [-0.4, -0.2) is 37.3 Å². The summed E-state index contributed by atoms with van der Waals surface area (Å²) in [5.74, 6) is 0.0472. The molecule has 0 aliphatic carbocycles. The summed E-state index contributed by atoms with van der Waals surface area (Å²) in [6, 6.07) is 0. The van der Waals surface area contributed by atoms with Crippen molar-refractivity contribution in [2.75, 3.05) is 12.3 Å². The van der Waals surface area contributed by atoms with E-state index in [9.17, 15) is 4.79 Å².